The number of rotatable bonds is 4. The van der Waals surface area contributed by atoms with Gasteiger partial charge in [0.25, 0.3) is 0 Å². The van der Waals surface area contributed by atoms with Crippen molar-refractivity contribution in [2.45, 2.75) is 26.3 Å². The van der Waals surface area contributed by atoms with Crippen molar-refractivity contribution in [1.29, 1.82) is 0 Å². The lowest BCUT2D eigenvalue weighted by Crippen LogP contribution is -2.27. The summed E-state index contributed by atoms with van der Waals surface area (Å²) in [6.45, 7) is 5.41. The monoisotopic (exact) mass is 163 g/mol. The van der Waals surface area contributed by atoms with E-state index in [9.17, 15) is 0 Å². The van der Waals surface area contributed by atoms with Crippen LogP contribution in [0.15, 0.2) is 30.3 Å². The van der Waals surface area contributed by atoms with Crippen LogP contribution >= 0.6 is 0 Å². The maximum Gasteiger partial charge on any atom is 0.00790 e. The minimum absolute atomic E-state index is 0.581. The molecule has 0 saturated carbocycles. The standard InChI is InChI=1S/C11H17N/c1-3-12-10(2)9-11-7-5-4-6-8-11/h4-8,10,12H,3,9H2,1-2H3/t10-/m0/s1. The summed E-state index contributed by atoms with van der Waals surface area (Å²) in [7, 11) is 0. The van der Waals surface area contributed by atoms with E-state index in [2.05, 4.69) is 49.5 Å². The van der Waals surface area contributed by atoms with Crippen LogP contribution in [0, 0.1) is 0 Å². The quantitative estimate of drug-likeness (QED) is 0.717. The first-order valence-electron chi connectivity index (χ1n) is 4.60. The number of hydrogen-bond acceptors (Lipinski definition) is 1. The zero-order valence-corrected chi connectivity index (χ0v) is 7.88. The Morgan fingerprint density at radius 3 is 2.50 bits per heavy atom. The van der Waals surface area contributed by atoms with Gasteiger partial charge in [0.15, 0.2) is 0 Å². The molecule has 1 rings (SSSR count). The fourth-order valence-electron chi connectivity index (χ4n) is 1.39. The molecule has 0 saturated heterocycles. The molecule has 1 N–H and O–H groups in total. The Morgan fingerprint density at radius 2 is 1.92 bits per heavy atom. The zero-order chi connectivity index (χ0) is 8.81. The largest absolute Gasteiger partial charge is 0.314 e. The second kappa shape index (κ2) is 4.94. The van der Waals surface area contributed by atoms with Crippen LogP contribution in [0.2, 0.25) is 0 Å². The summed E-state index contributed by atoms with van der Waals surface area (Å²) in [5.74, 6) is 0. The van der Waals surface area contributed by atoms with E-state index >= 15 is 0 Å². The predicted octanol–water partition coefficient (Wildman–Crippen LogP) is 2.23. The molecule has 0 fully saturated rings. The molecule has 1 atom stereocenters. The first-order chi connectivity index (χ1) is 5.83. The number of benzene rings is 1. The van der Waals surface area contributed by atoms with Gasteiger partial charge in [0.2, 0.25) is 0 Å². The second-order valence-corrected chi connectivity index (χ2v) is 3.15. The molecule has 1 aromatic carbocycles. The lowest BCUT2D eigenvalue weighted by atomic mass is 10.1. The van der Waals surface area contributed by atoms with Crippen LogP contribution in [0.5, 0.6) is 0 Å². The van der Waals surface area contributed by atoms with Gasteiger partial charge >= 0.3 is 0 Å². The highest BCUT2D eigenvalue weighted by molar-refractivity contribution is 5.15. The molecule has 1 heteroatoms. The highest BCUT2D eigenvalue weighted by Crippen LogP contribution is 2.01. The summed E-state index contributed by atoms with van der Waals surface area (Å²) in [4.78, 5) is 0. The van der Waals surface area contributed by atoms with Crippen LogP contribution in [0.4, 0.5) is 0 Å². The molecule has 0 amide bonds. The molecule has 0 aliphatic heterocycles. The average molecular weight is 163 g/mol. The van der Waals surface area contributed by atoms with Crippen LogP contribution in [0.3, 0.4) is 0 Å². The van der Waals surface area contributed by atoms with Gasteiger partial charge in [0.05, 0.1) is 0 Å². The zero-order valence-electron chi connectivity index (χ0n) is 7.88. The summed E-state index contributed by atoms with van der Waals surface area (Å²) in [6.07, 6.45) is 1.12. The van der Waals surface area contributed by atoms with Gasteiger partial charge < -0.3 is 5.32 Å². The van der Waals surface area contributed by atoms with Gasteiger partial charge in [-0.3, -0.25) is 0 Å². The van der Waals surface area contributed by atoms with E-state index in [1.54, 1.807) is 0 Å². The van der Waals surface area contributed by atoms with Gasteiger partial charge in [0, 0.05) is 6.04 Å². The smallest absolute Gasteiger partial charge is 0.00790 e. The lowest BCUT2D eigenvalue weighted by molar-refractivity contribution is 0.565. The van der Waals surface area contributed by atoms with Gasteiger partial charge in [-0.2, -0.15) is 0 Å². The molecule has 0 heterocycles. The minimum atomic E-state index is 0.581. The van der Waals surface area contributed by atoms with E-state index in [1.807, 2.05) is 0 Å². The fourth-order valence-corrected chi connectivity index (χ4v) is 1.39. The maximum atomic E-state index is 3.39. The molecule has 0 unspecified atom stereocenters. The van der Waals surface area contributed by atoms with E-state index in [0.717, 1.165) is 13.0 Å². The van der Waals surface area contributed by atoms with Gasteiger partial charge in [0.1, 0.15) is 0 Å². The molecule has 0 spiro atoms. The van der Waals surface area contributed by atoms with E-state index < -0.39 is 0 Å². The van der Waals surface area contributed by atoms with Crippen LogP contribution in [0.1, 0.15) is 19.4 Å². The minimum Gasteiger partial charge on any atom is -0.314 e. The molecule has 0 bridgehead atoms. The van der Waals surface area contributed by atoms with Crippen molar-refractivity contribution in [3.8, 4) is 0 Å². The van der Waals surface area contributed by atoms with E-state index in [4.69, 9.17) is 0 Å². The SMILES string of the molecule is CCN[C@@H](C)Cc1ccccc1. The molecule has 1 nitrogen and oxygen atoms in total. The average Bonchev–Trinajstić information content (AvgIpc) is 2.06. The summed E-state index contributed by atoms with van der Waals surface area (Å²) < 4.78 is 0. The van der Waals surface area contributed by atoms with Gasteiger partial charge in [-0.05, 0) is 25.5 Å². The third-order valence-electron chi connectivity index (χ3n) is 1.94. The summed E-state index contributed by atoms with van der Waals surface area (Å²) in [6, 6.07) is 11.2. The normalized spacial score (nSPS) is 12.8. The molecular formula is C11H17N. The summed E-state index contributed by atoms with van der Waals surface area (Å²) >= 11 is 0. The van der Waals surface area contributed by atoms with Crippen molar-refractivity contribution in [3.63, 3.8) is 0 Å². The van der Waals surface area contributed by atoms with E-state index in [0.29, 0.717) is 6.04 Å². The van der Waals surface area contributed by atoms with Crippen molar-refractivity contribution < 1.29 is 0 Å². The van der Waals surface area contributed by atoms with Crippen LogP contribution in [0.25, 0.3) is 0 Å². The van der Waals surface area contributed by atoms with Gasteiger partial charge in [-0.15, -0.1) is 0 Å². The van der Waals surface area contributed by atoms with Crippen molar-refractivity contribution >= 4 is 0 Å². The molecule has 0 aromatic heterocycles. The molecule has 0 radical (unpaired) electrons. The van der Waals surface area contributed by atoms with Crippen LogP contribution in [-0.2, 0) is 6.42 Å². The molecule has 0 aliphatic carbocycles. The Morgan fingerprint density at radius 1 is 1.25 bits per heavy atom. The number of likely N-dealkylation sites (N-methyl/N-ethyl adjacent to an activating group) is 1. The summed E-state index contributed by atoms with van der Waals surface area (Å²) in [5.41, 5.74) is 1.41. The summed E-state index contributed by atoms with van der Waals surface area (Å²) in [5, 5.41) is 3.39. The Balaban J connectivity index is 2.41. The third kappa shape index (κ3) is 3.05. The highest BCUT2D eigenvalue weighted by atomic mass is 14.9. The Bertz CT molecular complexity index is 206. The Hall–Kier alpha value is -0.820. The molecular weight excluding hydrogens is 146 g/mol. The van der Waals surface area contributed by atoms with Crippen molar-refractivity contribution in [2.75, 3.05) is 6.54 Å². The fraction of sp³-hybridized carbons (Fsp3) is 0.455. The number of hydrogen-bond donors (Lipinski definition) is 1. The van der Waals surface area contributed by atoms with Crippen LogP contribution in [-0.4, -0.2) is 12.6 Å². The second-order valence-electron chi connectivity index (χ2n) is 3.15. The maximum absolute atomic E-state index is 3.39. The topological polar surface area (TPSA) is 12.0 Å². The van der Waals surface area contributed by atoms with Crippen molar-refractivity contribution in [1.82, 2.24) is 5.32 Å². The molecule has 1 aromatic rings. The lowest BCUT2D eigenvalue weighted by Gasteiger charge is -2.11. The molecule has 12 heavy (non-hydrogen) atoms. The molecule has 0 aliphatic rings. The third-order valence-corrected chi connectivity index (χ3v) is 1.94. The van der Waals surface area contributed by atoms with Crippen molar-refractivity contribution in [2.24, 2.45) is 0 Å². The van der Waals surface area contributed by atoms with E-state index in [-0.39, 0.29) is 0 Å². The van der Waals surface area contributed by atoms with Crippen molar-refractivity contribution in [3.05, 3.63) is 35.9 Å². The van der Waals surface area contributed by atoms with Crippen LogP contribution < -0.4 is 5.32 Å². The van der Waals surface area contributed by atoms with E-state index in [1.165, 1.54) is 5.56 Å². The van der Waals surface area contributed by atoms with Gasteiger partial charge in [-0.25, -0.2) is 0 Å². The highest BCUT2D eigenvalue weighted by Gasteiger charge is 1.99. The molecule has 66 valence electrons. The Labute approximate surface area is 74.8 Å². The first-order valence-corrected chi connectivity index (χ1v) is 4.60. The number of nitrogens with one attached hydrogen (secondary N) is 1. The first kappa shape index (κ1) is 9.27. The Kier molecular flexibility index (Phi) is 3.81. The predicted molar refractivity (Wildman–Crippen MR) is 53.3 cm³/mol. The van der Waals surface area contributed by atoms with Gasteiger partial charge in [-0.1, -0.05) is 37.3 Å².